The smallest absolute Gasteiger partial charge is 0.174 e. The summed E-state index contributed by atoms with van der Waals surface area (Å²) in [5, 5.41) is 10.2. The van der Waals surface area contributed by atoms with E-state index in [2.05, 4.69) is 15.9 Å². The molecule has 0 radical (unpaired) electrons. The lowest BCUT2D eigenvalue weighted by atomic mass is 10.0. The van der Waals surface area contributed by atoms with Gasteiger partial charge in [0.05, 0.1) is 12.0 Å². The molecule has 0 atom stereocenters. The fourth-order valence-corrected chi connectivity index (χ4v) is 2.20. The molecule has 0 heterocycles. The maximum absolute atomic E-state index is 12.0. The highest BCUT2D eigenvalue weighted by Gasteiger charge is 2.17. The molecule has 0 aliphatic heterocycles. The quantitative estimate of drug-likeness (QED) is 0.660. The summed E-state index contributed by atoms with van der Waals surface area (Å²) in [6.07, 6.45) is -0.300. The summed E-state index contributed by atoms with van der Waals surface area (Å²) in [5.41, 5.74) is 0.541. The second kappa shape index (κ2) is 6.20. The van der Waals surface area contributed by atoms with E-state index in [0.717, 1.165) is 0 Å². The molecule has 1 N–H and O–H groups in total. The zero-order chi connectivity index (χ0) is 14.7. The van der Waals surface area contributed by atoms with Gasteiger partial charge in [0, 0.05) is 15.1 Å². The van der Waals surface area contributed by atoms with Gasteiger partial charge in [-0.1, -0.05) is 27.5 Å². The molecule has 0 unspecified atom stereocenters. The van der Waals surface area contributed by atoms with E-state index >= 15 is 0 Å². The average Bonchev–Trinajstić information content (AvgIpc) is 2.42. The van der Waals surface area contributed by atoms with Gasteiger partial charge in [0.1, 0.15) is 5.75 Å². The van der Waals surface area contributed by atoms with Crippen LogP contribution in [-0.2, 0) is 0 Å². The van der Waals surface area contributed by atoms with Gasteiger partial charge in [0.15, 0.2) is 11.6 Å². The van der Waals surface area contributed by atoms with Crippen molar-refractivity contribution in [3.05, 3.63) is 63.1 Å². The molecule has 2 aromatic rings. The van der Waals surface area contributed by atoms with Crippen molar-refractivity contribution in [2.75, 3.05) is 0 Å². The van der Waals surface area contributed by atoms with Crippen molar-refractivity contribution in [1.29, 1.82) is 0 Å². The lowest BCUT2D eigenvalue weighted by Crippen LogP contribution is -2.08. The van der Waals surface area contributed by atoms with E-state index in [-0.39, 0.29) is 23.5 Å². The van der Waals surface area contributed by atoms with Gasteiger partial charge in [0.25, 0.3) is 0 Å². The summed E-state index contributed by atoms with van der Waals surface area (Å²) in [6, 6.07) is 10.8. The first kappa shape index (κ1) is 14.8. The summed E-state index contributed by atoms with van der Waals surface area (Å²) in [4.78, 5) is 24.0. The molecule has 0 spiro atoms. The van der Waals surface area contributed by atoms with Gasteiger partial charge >= 0.3 is 0 Å². The van der Waals surface area contributed by atoms with Crippen LogP contribution in [0, 0.1) is 0 Å². The minimum atomic E-state index is -0.427. The van der Waals surface area contributed by atoms with E-state index in [1.165, 1.54) is 12.1 Å². The molecule has 0 aliphatic rings. The second-order valence-corrected chi connectivity index (χ2v) is 5.54. The van der Waals surface area contributed by atoms with E-state index in [1.807, 2.05) is 0 Å². The number of halogens is 2. The van der Waals surface area contributed by atoms with Gasteiger partial charge in [-0.2, -0.15) is 0 Å². The third-order valence-electron chi connectivity index (χ3n) is 2.75. The van der Waals surface area contributed by atoms with Crippen LogP contribution >= 0.6 is 27.5 Å². The predicted octanol–water partition coefficient (Wildman–Crippen LogP) is 4.26. The van der Waals surface area contributed by atoms with Crippen LogP contribution in [0.2, 0.25) is 5.02 Å². The first-order valence-corrected chi connectivity index (χ1v) is 6.95. The number of Topliss-reactive ketones (excluding diaryl/α,β-unsaturated/α-hetero) is 2. The molecule has 2 rings (SSSR count). The Labute approximate surface area is 129 Å². The van der Waals surface area contributed by atoms with E-state index in [0.29, 0.717) is 15.1 Å². The standard InChI is InChI=1S/C15H10BrClO3/c16-10-3-6-13(18)12(7-10)15(20)8-14(19)9-1-4-11(17)5-2-9/h1-7,18H,8H2. The topological polar surface area (TPSA) is 54.4 Å². The molecular weight excluding hydrogens is 344 g/mol. The molecule has 0 fully saturated rings. The third kappa shape index (κ3) is 3.46. The van der Waals surface area contributed by atoms with Crippen molar-refractivity contribution in [3.8, 4) is 5.75 Å². The molecule has 0 saturated heterocycles. The van der Waals surface area contributed by atoms with Crippen LogP contribution in [0.5, 0.6) is 5.75 Å². The summed E-state index contributed by atoms with van der Waals surface area (Å²) in [5.74, 6) is -0.878. The Balaban J connectivity index is 2.17. The largest absolute Gasteiger partial charge is 0.507 e. The molecular formula is C15H10BrClO3. The fourth-order valence-electron chi connectivity index (χ4n) is 1.71. The van der Waals surface area contributed by atoms with Gasteiger partial charge < -0.3 is 5.11 Å². The van der Waals surface area contributed by atoms with Crippen molar-refractivity contribution in [3.63, 3.8) is 0 Å². The van der Waals surface area contributed by atoms with Crippen molar-refractivity contribution < 1.29 is 14.7 Å². The molecule has 0 amide bonds. The lowest BCUT2D eigenvalue weighted by molar-refractivity contribution is 0.0893. The second-order valence-electron chi connectivity index (χ2n) is 4.19. The zero-order valence-electron chi connectivity index (χ0n) is 10.3. The molecule has 0 saturated carbocycles. The van der Waals surface area contributed by atoms with Gasteiger partial charge in [-0.05, 0) is 42.5 Å². The SMILES string of the molecule is O=C(CC(=O)c1cc(Br)ccc1O)c1ccc(Cl)cc1. The average molecular weight is 354 g/mol. The van der Waals surface area contributed by atoms with Crippen LogP contribution in [0.3, 0.4) is 0 Å². The van der Waals surface area contributed by atoms with Gasteiger partial charge in [0.2, 0.25) is 0 Å². The number of phenolic OH excluding ortho intramolecular Hbond substituents is 1. The van der Waals surface area contributed by atoms with Crippen LogP contribution < -0.4 is 0 Å². The monoisotopic (exact) mass is 352 g/mol. The number of aromatic hydroxyl groups is 1. The van der Waals surface area contributed by atoms with Crippen molar-refractivity contribution in [2.24, 2.45) is 0 Å². The first-order valence-electron chi connectivity index (χ1n) is 5.78. The summed E-state index contributed by atoms with van der Waals surface area (Å²) in [6.45, 7) is 0. The highest BCUT2D eigenvalue weighted by molar-refractivity contribution is 9.10. The minimum Gasteiger partial charge on any atom is -0.507 e. The van der Waals surface area contributed by atoms with E-state index < -0.39 is 5.78 Å². The number of carbonyl (C=O) groups is 2. The number of phenols is 1. The van der Waals surface area contributed by atoms with E-state index in [1.54, 1.807) is 30.3 Å². The number of benzene rings is 2. The van der Waals surface area contributed by atoms with Crippen molar-refractivity contribution >= 4 is 39.1 Å². The number of carbonyl (C=O) groups excluding carboxylic acids is 2. The molecule has 0 aliphatic carbocycles. The maximum atomic E-state index is 12.0. The Hall–Kier alpha value is -1.65. The summed E-state index contributed by atoms with van der Waals surface area (Å²) in [7, 11) is 0. The Bertz CT molecular complexity index is 665. The normalized spacial score (nSPS) is 10.3. The Morgan fingerprint density at radius 3 is 2.35 bits per heavy atom. The van der Waals surface area contributed by atoms with Gasteiger partial charge in [-0.25, -0.2) is 0 Å². The Morgan fingerprint density at radius 1 is 1.05 bits per heavy atom. The van der Waals surface area contributed by atoms with Gasteiger partial charge in [-0.3, -0.25) is 9.59 Å². The summed E-state index contributed by atoms with van der Waals surface area (Å²) < 4.78 is 0.664. The maximum Gasteiger partial charge on any atom is 0.174 e. The van der Waals surface area contributed by atoms with Gasteiger partial charge in [-0.15, -0.1) is 0 Å². The number of hydrogen-bond acceptors (Lipinski definition) is 3. The molecule has 3 nitrogen and oxygen atoms in total. The summed E-state index contributed by atoms with van der Waals surface area (Å²) >= 11 is 8.96. The Morgan fingerprint density at radius 2 is 1.70 bits per heavy atom. The number of rotatable bonds is 4. The van der Waals surface area contributed by atoms with Crippen LogP contribution in [0.4, 0.5) is 0 Å². The van der Waals surface area contributed by atoms with E-state index in [9.17, 15) is 14.7 Å². The highest BCUT2D eigenvalue weighted by atomic mass is 79.9. The zero-order valence-corrected chi connectivity index (χ0v) is 12.6. The number of hydrogen-bond donors (Lipinski definition) is 1. The van der Waals surface area contributed by atoms with Crippen LogP contribution in [0.25, 0.3) is 0 Å². The predicted molar refractivity (Wildman–Crippen MR) is 80.5 cm³/mol. The fraction of sp³-hybridized carbons (Fsp3) is 0.0667. The third-order valence-corrected chi connectivity index (χ3v) is 3.49. The highest BCUT2D eigenvalue weighted by Crippen LogP contribution is 2.23. The van der Waals surface area contributed by atoms with E-state index in [4.69, 9.17) is 11.6 Å². The van der Waals surface area contributed by atoms with Crippen LogP contribution in [-0.4, -0.2) is 16.7 Å². The Kier molecular flexibility index (Phi) is 4.57. The number of ketones is 2. The lowest BCUT2D eigenvalue weighted by Gasteiger charge is -2.04. The molecule has 0 aromatic heterocycles. The molecule has 5 heteroatoms. The first-order chi connectivity index (χ1) is 9.47. The van der Waals surface area contributed by atoms with Crippen molar-refractivity contribution in [1.82, 2.24) is 0 Å². The molecule has 102 valence electrons. The van der Waals surface area contributed by atoms with Crippen LogP contribution in [0.1, 0.15) is 27.1 Å². The molecule has 2 aromatic carbocycles. The van der Waals surface area contributed by atoms with Crippen LogP contribution in [0.15, 0.2) is 46.9 Å². The minimum absolute atomic E-state index is 0.127. The molecule has 20 heavy (non-hydrogen) atoms. The molecule has 0 bridgehead atoms. The van der Waals surface area contributed by atoms with Crippen molar-refractivity contribution in [2.45, 2.75) is 6.42 Å².